The second kappa shape index (κ2) is 11.0. The van der Waals surface area contributed by atoms with Gasteiger partial charge >= 0.3 is 0 Å². The van der Waals surface area contributed by atoms with E-state index in [1.807, 2.05) is 13.0 Å². The van der Waals surface area contributed by atoms with Gasteiger partial charge in [0.2, 0.25) is 10.0 Å². The third kappa shape index (κ3) is 5.66. The number of aromatic nitrogens is 1. The molecule has 1 amide bonds. The molecule has 0 spiro atoms. The Kier molecular flexibility index (Phi) is 7.91. The van der Waals surface area contributed by atoms with Crippen LogP contribution in [0.5, 0.6) is 5.75 Å². The van der Waals surface area contributed by atoms with Gasteiger partial charge in [0, 0.05) is 49.1 Å². The lowest BCUT2D eigenvalue weighted by Gasteiger charge is -2.37. The maximum atomic E-state index is 13.7. The fourth-order valence-corrected chi connectivity index (χ4v) is 6.18. The van der Waals surface area contributed by atoms with Crippen molar-refractivity contribution in [3.05, 3.63) is 78.4 Å². The molecule has 2 heterocycles. The van der Waals surface area contributed by atoms with Gasteiger partial charge < -0.3 is 14.7 Å². The maximum Gasteiger partial charge on any atom is 0.253 e. The lowest BCUT2D eigenvalue weighted by molar-refractivity contribution is 0.0563. The van der Waals surface area contributed by atoms with Crippen LogP contribution in [0.3, 0.4) is 0 Å². The van der Waals surface area contributed by atoms with Gasteiger partial charge in [-0.2, -0.15) is 4.31 Å². The number of nitrogens with zero attached hydrogens (tertiary/aromatic N) is 3. The quantitative estimate of drug-likeness (QED) is 0.527. The molecule has 8 nitrogen and oxygen atoms in total. The van der Waals surface area contributed by atoms with E-state index in [2.05, 4.69) is 4.98 Å². The van der Waals surface area contributed by atoms with E-state index in [9.17, 15) is 22.7 Å². The first-order chi connectivity index (χ1) is 17.6. The van der Waals surface area contributed by atoms with Crippen molar-refractivity contribution in [2.45, 2.75) is 30.9 Å². The van der Waals surface area contributed by atoms with Crippen molar-refractivity contribution < 1.29 is 27.4 Å². The predicted molar refractivity (Wildman–Crippen MR) is 137 cm³/mol. The van der Waals surface area contributed by atoms with Gasteiger partial charge in [0.15, 0.2) is 0 Å². The molecular weight excluding hydrogens is 497 g/mol. The summed E-state index contributed by atoms with van der Waals surface area (Å²) in [5, 5.41) is 9.81. The molecule has 37 heavy (non-hydrogen) atoms. The van der Waals surface area contributed by atoms with Crippen LogP contribution in [-0.2, 0) is 10.0 Å². The Bertz CT molecular complexity index is 1370. The number of sulfonamides is 1. The monoisotopic (exact) mass is 527 g/mol. The standard InChI is InChI=1S/C27H30FN3O5S/c1-18-15-31(19(2)17-32)37(34,35)26-10-9-20(22-7-5-11-29-14-22)13-24(26)36-25(18)16-30(3)27(33)21-6-4-8-23(28)12-21/h4-14,18-19,25,32H,15-17H2,1-3H3/t18-,19-,25-/m1/s1. The van der Waals surface area contributed by atoms with Crippen LogP contribution in [0.1, 0.15) is 24.2 Å². The second-order valence-corrected chi connectivity index (χ2v) is 11.2. The number of benzene rings is 2. The fourth-order valence-electron chi connectivity index (χ4n) is 4.35. The average molecular weight is 528 g/mol. The maximum absolute atomic E-state index is 13.7. The zero-order chi connectivity index (χ0) is 26.7. The number of carbonyl (C=O) groups excluding carboxylic acids is 1. The van der Waals surface area contributed by atoms with E-state index >= 15 is 0 Å². The number of fused-ring (bicyclic) bond motifs is 1. The van der Waals surface area contributed by atoms with Gasteiger partial charge in [0.1, 0.15) is 22.6 Å². The molecule has 10 heteroatoms. The summed E-state index contributed by atoms with van der Waals surface area (Å²) >= 11 is 0. The second-order valence-electron chi connectivity index (χ2n) is 9.34. The van der Waals surface area contributed by atoms with Gasteiger partial charge in [-0.25, -0.2) is 12.8 Å². The number of halogens is 1. The zero-order valence-corrected chi connectivity index (χ0v) is 21.7. The summed E-state index contributed by atoms with van der Waals surface area (Å²) in [6, 6.07) is 13.3. The summed E-state index contributed by atoms with van der Waals surface area (Å²) < 4.78 is 48.6. The highest BCUT2D eigenvalue weighted by atomic mass is 32.2. The molecule has 3 atom stereocenters. The van der Waals surface area contributed by atoms with Crippen molar-refractivity contribution in [1.29, 1.82) is 0 Å². The summed E-state index contributed by atoms with van der Waals surface area (Å²) in [6.07, 6.45) is 2.73. The third-order valence-corrected chi connectivity index (χ3v) is 8.55. The minimum absolute atomic E-state index is 0.0172. The molecule has 0 radical (unpaired) electrons. The number of carbonyl (C=O) groups is 1. The van der Waals surface area contributed by atoms with Gasteiger partial charge in [0.05, 0.1) is 13.2 Å². The first-order valence-corrected chi connectivity index (χ1v) is 13.4. The molecule has 0 aliphatic carbocycles. The van der Waals surface area contributed by atoms with Crippen molar-refractivity contribution in [2.75, 3.05) is 26.7 Å². The van der Waals surface area contributed by atoms with Crippen LogP contribution >= 0.6 is 0 Å². The molecule has 1 aliphatic rings. The van der Waals surface area contributed by atoms with Crippen LogP contribution in [0.4, 0.5) is 4.39 Å². The molecule has 0 unspecified atom stereocenters. The lowest BCUT2D eigenvalue weighted by Crippen LogP contribution is -2.50. The molecule has 196 valence electrons. The van der Waals surface area contributed by atoms with Crippen LogP contribution < -0.4 is 4.74 Å². The Hall–Kier alpha value is -3.34. The van der Waals surface area contributed by atoms with Crippen molar-refractivity contribution >= 4 is 15.9 Å². The Morgan fingerprint density at radius 3 is 2.68 bits per heavy atom. The van der Waals surface area contributed by atoms with E-state index in [1.165, 1.54) is 39.5 Å². The van der Waals surface area contributed by atoms with Gasteiger partial charge in [-0.3, -0.25) is 9.78 Å². The van der Waals surface area contributed by atoms with Crippen LogP contribution in [-0.4, -0.2) is 72.5 Å². The number of aliphatic hydroxyl groups is 1. The molecule has 1 aromatic heterocycles. The number of likely N-dealkylation sites (N-methyl/N-ethyl adjacent to an activating group) is 1. The molecule has 4 rings (SSSR count). The number of rotatable bonds is 6. The molecule has 0 saturated carbocycles. The first-order valence-electron chi connectivity index (χ1n) is 12.0. The molecule has 2 aromatic carbocycles. The number of amides is 1. The Morgan fingerprint density at radius 1 is 1.22 bits per heavy atom. The van der Waals surface area contributed by atoms with Crippen LogP contribution in [0.2, 0.25) is 0 Å². The number of aliphatic hydroxyl groups excluding tert-OH is 1. The predicted octanol–water partition coefficient (Wildman–Crippen LogP) is 3.43. The van der Waals surface area contributed by atoms with Gasteiger partial charge in [-0.05, 0) is 48.9 Å². The minimum atomic E-state index is -3.99. The molecular formula is C27H30FN3O5S. The van der Waals surface area contributed by atoms with Crippen molar-refractivity contribution in [3.63, 3.8) is 0 Å². The topological polar surface area (TPSA) is 100 Å². The molecule has 1 N–H and O–H groups in total. The van der Waals surface area contributed by atoms with Gasteiger partial charge in [-0.1, -0.05) is 25.1 Å². The highest BCUT2D eigenvalue weighted by Crippen LogP contribution is 2.36. The zero-order valence-electron chi connectivity index (χ0n) is 20.9. The first kappa shape index (κ1) is 26.7. The summed E-state index contributed by atoms with van der Waals surface area (Å²) in [4.78, 5) is 18.6. The smallest absolute Gasteiger partial charge is 0.253 e. The number of hydrogen-bond donors (Lipinski definition) is 1. The van der Waals surface area contributed by atoms with Crippen LogP contribution in [0, 0.1) is 11.7 Å². The summed E-state index contributed by atoms with van der Waals surface area (Å²) in [7, 11) is -2.39. The Balaban J connectivity index is 1.74. The minimum Gasteiger partial charge on any atom is -0.487 e. The summed E-state index contributed by atoms with van der Waals surface area (Å²) in [6.45, 7) is 3.35. The number of hydrogen-bond acceptors (Lipinski definition) is 6. The third-order valence-electron chi connectivity index (χ3n) is 6.53. The summed E-state index contributed by atoms with van der Waals surface area (Å²) in [5.74, 6) is -1.08. The van der Waals surface area contributed by atoms with Crippen LogP contribution in [0.25, 0.3) is 11.1 Å². The molecule has 0 bridgehead atoms. The highest BCUT2D eigenvalue weighted by molar-refractivity contribution is 7.89. The van der Waals surface area contributed by atoms with E-state index in [0.717, 1.165) is 11.1 Å². The molecule has 0 saturated heterocycles. The van der Waals surface area contributed by atoms with E-state index in [-0.39, 0.29) is 47.7 Å². The van der Waals surface area contributed by atoms with Crippen LogP contribution in [0.15, 0.2) is 71.9 Å². The lowest BCUT2D eigenvalue weighted by atomic mass is 10.0. The van der Waals surface area contributed by atoms with Crippen molar-refractivity contribution in [3.8, 4) is 16.9 Å². The molecule has 3 aromatic rings. The Labute approximate surface area is 216 Å². The fraction of sp³-hybridized carbons (Fsp3) is 0.333. The van der Waals surface area contributed by atoms with E-state index in [0.29, 0.717) is 0 Å². The molecule has 1 aliphatic heterocycles. The largest absolute Gasteiger partial charge is 0.487 e. The van der Waals surface area contributed by atoms with Gasteiger partial charge in [-0.15, -0.1) is 0 Å². The van der Waals surface area contributed by atoms with Gasteiger partial charge in [0.25, 0.3) is 5.91 Å². The van der Waals surface area contributed by atoms with Crippen molar-refractivity contribution in [1.82, 2.24) is 14.2 Å². The Morgan fingerprint density at radius 2 is 2.00 bits per heavy atom. The average Bonchev–Trinajstić information content (AvgIpc) is 2.90. The number of ether oxygens (including phenoxy) is 1. The normalized spacial score (nSPS) is 20.1. The molecule has 0 fully saturated rings. The van der Waals surface area contributed by atoms with E-state index < -0.39 is 28.0 Å². The SMILES string of the molecule is C[C@@H]1CN([C@H](C)CO)S(=O)(=O)c2ccc(-c3cccnc3)cc2O[C@@H]1CN(C)C(=O)c1cccc(F)c1. The number of pyridine rings is 1. The summed E-state index contributed by atoms with van der Waals surface area (Å²) in [5.41, 5.74) is 1.72. The van der Waals surface area contributed by atoms with E-state index in [1.54, 1.807) is 44.6 Å². The highest BCUT2D eigenvalue weighted by Gasteiger charge is 2.38. The van der Waals surface area contributed by atoms with Crippen molar-refractivity contribution in [2.24, 2.45) is 5.92 Å². The van der Waals surface area contributed by atoms with E-state index in [4.69, 9.17) is 4.74 Å².